The molecule has 1 atom stereocenters. The summed E-state index contributed by atoms with van der Waals surface area (Å²) < 4.78 is 1.46. The maximum atomic E-state index is 11.4. The molecule has 5 nitrogen and oxygen atoms in total. The van der Waals surface area contributed by atoms with Gasteiger partial charge in [-0.3, -0.25) is 14.3 Å². The van der Waals surface area contributed by atoms with Crippen LogP contribution in [0, 0.1) is 5.92 Å². The highest BCUT2D eigenvalue weighted by atomic mass is 35.5. The molecule has 1 unspecified atom stereocenters. The number of hydrogen-bond acceptors (Lipinski definition) is 3. The summed E-state index contributed by atoms with van der Waals surface area (Å²) in [5, 5.41) is 3.27. The van der Waals surface area contributed by atoms with E-state index in [4.69, 9.17) is 11.6 Å². The number of aromatic nitrogens is 2. The first-order chi connectivity index (χ1) is 7.16. The molecular formula is C9H12ClN3O2. The van der Waals surface area contributed by atoms with E-state index in [1.165, 1.54) is 10.8 Å². The van der Waals surface area contributed by atoms with E-state index in [-0.39, 0.29) is 5.02 Å². The van der Waals surface area contributed by atoms with Crippen molar-refractivity contribution in [1.29, 1.82) is 0 Å². The number of aromatic amines is 1. The Morgan fingerprint density at radius 1 is 1.53 bits per heavy atom. The Bertz CT molecular complexity index is 459. The van der Waals surface area contributed by atoms with E-state index >= 15 is 0 Å². The van der Waals surface area contributed by atoms with Crippen molar-refractivity contribution in [1.82, 2.24) is 14.9 Å². The topological polar surface area (TPSA) is 66.9 Å². The first-order valence-corrected chi connectivity index (χ1v) is 5.24. The smallest absolute Gasteiger partial charge is 0.316 e. The van der Waals surface area contributed by atoms with Crippen LogP contribution >= 0.6 is 11.6 Å². The van der Waals surface area contributed by atoms with Gasteiger partial charge in [0.1, 0.15) is 5.02 Å². The maximum Gasteiger partial charge on any atom is 0.328 e. The summed E-state index contributed by atoms with van der Waals surface area (Å²) in [5.74, 6) is 0.435. The highest BCUT2D eigenvalue weighted by Gasteiger charge is 2.15. The first-order valence-electron chi connectivity index (χ1n) is 4.87. The molecule has 15 heavy (non-hydrogen) atoms. The highest BCUT2D eigenvalue weighted by molar-refractivity contribution is 6.30. The summed E-state index contributed by atoms with van der Waals surface area (Å²) in [6.45, 7) is 2.49. The summed E-state index contributed by atoms with van der Waals surface area (Å²) in [7, 11) is 0. The van der Waals surface area contributed by atoms with Gasteiger partial charge in [-0.15, -0.1) is 0 Å². The monoisotopic (exact) mass is 229 g/mol. The lowest BCUT2D eigenvalue weighted by Gasteiger charge is -2.10. The molecule has 0 amide bonds. The van der Waals surface area contributed by atoms with Crippen molar-refractivity contribution in [3.63, 3.8) is 0 Å². The highest BCUT2D eigenvalue weighted by Crippen LogP contribution is 2.09. The van der Waals surface area contributed by atoms with E-state index < -0.39 is 11.2 Å². The van der Waals surface area contributed by atoms with E-state index in [0.29, 0.717) is 12.5 Å². The van der Waals surface area contributed by atoms with Crippen LogP contribution in [-0.2, 0) is 6.54 Å². The lowest BCUT2D eigenvalue weighted by molar-refractivity contribution is 0.465. The maximum absolute atomic E-state index is 11.4. The Labute approximate surface area is 91.1 Å². The van der Waals surface area contributed by atoms with Gasteiger partial charge in [0.25, 0.3) is 5.56 Å². The molecular weight excluding hydrogens is 218 g/mol. The van der Waals surface area contributed by atoms with Gasteiger partial charge in [-0.2, -0.15) is 0 Å². The molecule has 1 saturated heterocycles. The van der Waals surface area contributed by atoms with Gasteiger partial charge in [0.05, 0.1) is 0 Å². The van der Waals surface area contributed by atoms with Crippen LogP contribution in [0.5, 0.6) is 0 Å². The van der Waals surface area contributed by atoms with Gasteiger partial charge in [0.15, 0.2) is 0 Å². The van der Waals surface area contributed by atoms with Gasteiger partial charge in [0, 0.05) is 12.7 Å². The molecule has 1 aliphatic heterocycles. The van der Waals surface area contributed by atoms with Crippen LogP contribution in [0.4, 0.5) is 0 Å². The fraction of sp³-hybridized carbons (Fsp3) is 0.556. The average molecular weight is 230 g/mol. The molecule has 1 fully saturated rings. The average Bonchev–Trinajstić information content (AvgIpc) is 2.67. The molecule has 2 N–H and O–H groups in total. The number of hydrogen-bond donors (Lipinski definition) is 2. The van der Waals surface area contributed by atoms with Crippen LogP contribution in [0.25, 0.3) is 0 Å². The zero-order valence-electron chi connectivity index (χ0n) is 8.12. The van der Waals surface area contributed by atoms with Crippen LogP contribution in [0.2, 0.25) is 5.02 Å². The summed E-state index contributed by atoms with van der Waals surface area (Å²) >= 11 is 5.65. The summed E-state index contributed by atoms with van der Waals surface area (Å²) in [5.41, 5.74) is -0.918. The summed E-state index contributed by atoms with van der Waals surface area (Å²) in [6.07, 6.45) is 2.45. The van der Waals surface area contributed by atoms with Gasteiger partial charge in [-0.1, -0.05) is 11.6 Å². The minimum atomic E-state index is -0.525. The zero-order valence-corrected chi connectivity index (χ0v) is 8.88. The summed E-state index contributed by atoms with van der Waals surface area (Å²) in [4.78, 5) is 24.6. The third kappa shape index (κ3) is 2.30. The van der Waals surface area contributed by atoms with Crippen molar-refractivity contribution >= 4 is 11.6 Å². The molecule has 0 bridgehead atoms. The second kappa shape index (κ2) is 4.20. The lowest BCUT2D eigenvalue weighted by Crippen LogP contribution is -2.32. The molecule has 0 spiro atoms. The molecule has 0 aromatic carbocycles. The third-order valence-electron chi connectivity index (χ3n) is 2.58. The van der Waals surface area contributed by atoms with Crippen LogP contribution < -0.4 is 16.6 Å². The zero-order chi connectivity index (χ0) is 10.8. The molecule has 0 aliphatic carbocycles. The largest absolute Gasteiger partial charge is 0.328 e. The molecule has 82 valence electrons. The van der Waals surface area contributed by atoms with Gasteiger partial charge in [0.2, 0.25) is 0 Å². The van der Waals surface area contributed by atoms with Crippen molar-refractivity contribution in [3.05, 3.63) is 32.1 Å². The number of halogens is 1. The summed E-state index contributed by atoms with van der Waals surface area (Å²) in [6, 6.07) is 0. The molecule has 1 aromatic rings. The number of nitrogens with one attached hydrogen (secondary N) is 2. The van der Waals surface area contributed by atoms with Gasteiger partial charge in [-0.25, -0.2) is 4.79 Å². The van der Waals surface area contributed by atoms with E-state index in [1.807, 2.05) is 0 Å². The van der Waals surface area contributed by atoms with Crippen molar-refractivity contribution in [3.8, 4) is 0 Å². The van der Waals surface area contributed by atoms with E-state index in [9.17, 15) is 9.59 Å². The van der Waals surface area contributed by atoms with E-state index in [0.717, 1.165) is 19.5 Å². The Balaban J connectivity index is 2.24. The number of nitrogens with zero attached hydrogens (tertiary/aromatic N) is 1. The fourth-order valence-electron chi connectivity index (χ4n) is 1.77. The molecule has 1 aromatic heterocycles. The Morgan fingerprint density at radius 2 is 2.33 bits per heavy atom. The number of rotatable bonds is 2. The number of H-pyrrole nitrogens is 1. The Morgan fingerprint density at radius 3 is 3.00 bits per heavy atom. The molecule has 0 saturated carbocycles. The fourth-order valence-corrected chi connectivity index (χ4v) is 1.93. The second-order valence-electron chi connectivity index (χ2n) is 3.75. The lowest BCUT2D eigenvalue weighted by atomic mass is 10.1. The van der Waals surface area contributed by atoms with Crippen LogP contribution in [0.3, 0.4) is 0 Å². The van der Waals surface area contributed by atoms with Gasteiger partial charge < -0.3 is 5.32 Å². The van der Waals surface area contributed by atoms with Crippen LogP contribution in [0.15, 0.2) is 15.8 Å². The SMILES string of the molecule is O=c1[nH]c(=O)n(CC2CCNC2)cc1Cl. The minimum absolute atomic E-state index is 0.0561. The van der Waals surface area contributed by atoms with Crippen molar-refractivity contribution in [2.45, 2.75) is 13.0 Å². The van der Waals surface area contributed by atoms with Crippen molar-refractivity contribution in [2.75, 3.05) is 13.1 Å². The predicted octanol–water partition coefficient (Wildman–Crippen LogP) is -0.201. The molecule has 6 heteroatoms. The normalized spacial score (nSPS) is 20.7. The molecule has 0 radical (unpaired) electrons. The Kier molecular flexibility index (Phi) is 2.93. The van der Waals surface area contributed by atoms with Crippen molar-refractivity contribution in [2.24, 2.45) is 5.92 Å². The minimum Gasteiger partial charge on any atom is -0.316 e. The predicted molar refractivity (Wildman–Crippen MR) is 57.3 cm³/mol. The third-order valence-corrected chi connectivity index (χ3v) is 2.85. The molecule has 2 rings (SSSR count). The van der Waals surface area contributed by atoms with Gasteiger partial charge in [-0.05, 0) is 25.4 Å². The Hall–Kier alpha value is -1.07. The molecule has 2 heterocycles. The van der Waals surface area contributed by atoms with Crippen molar-refractivity contribution < 1.29 is 0 Å². The van der Waals surface area contributed by atoms with E-state index in [2.05, 4.69) is 10.3 Å². The second-order valence-corrected chi connectivity index (χ2v) is 4.15. The standard InChI is InChI=1S/C9H12ClN3O2/c10-7-5-13(9(15)12-8(7)14)4-6-1-2-11-3-6/h5-6,11H,1-4H2,(H,12,14,15). The van der Waals surface area contributed by atoms with E-state index in [1.54, 1.807) is 0 Å². The van der Waals surface area contributed by atoms with Gasteiger partial charge >= 0.3 is 5.69 Å². The van der Waals surface area contributed by atoms with Crippen LogP contribution in [-0.4, -0.2) is 22.6 Å². The van der Waals surface area contributed by atoms with Crippen LogP contribution in [0.1, 0.15) is 6.42 Å². The first kappa shape index (κ1) is 10.4. The molecule has 1 aliphatic rings. The quantitative estimate of drug-likeness (QED) is 0.738.